The molecular formula is C12H23N3. The van der Waals surface area contributed by atoms with Gasteiger partial charge in [-0.15, -0.1) is 0 Å². The minimum atomic E-state index is 0.563. The van der Waals surface area contributed by atoms with Gasteiger partial charge in [-0.3, -0.25) is 4.68 Å². The lowest BCUT2D eigenvalue weighted by Crippen LogP contribution is -2.34. The van der Waals surface area contributed by atoms with Gasteiger partial charge in [-0.25, -0.2) is 0 Å². The zero-order valence-electron chi connectivity index (χ0n) is 10.2. The summed E-state index contributed by atoms with van der Waals surface area (Å²) in [6.45, 7) is 8.64. The SMILES string of the molecule is CCCNC(CCC)Cn1nccc1C. The molecule has 1 unspecified atom stereocenters. The second-order valence-corrected chi connectivity index (χ2v) is 4.09. The van der Waals surface area contributed by atoms with Crippen molar-refractivity contribution < 1.29 is 0 Å². The van der Waals surface area contributed by atoms with Crippen molar-refractivity contribution in [3.05, 3.63) is 18.0 Å². The number of aromatic nitrogens is 2. The van der Waals surface area contributed by atoms with Crippen LogP contribution in [0.25, 0.3) is 0 Å². The zero-order valence-corrected chi connectivity index (χ0v) is 10.2. The molecule has 0 spiro atoms. The second-order valence-electron chi connectivity index (χ2n) is 4.09. The van der Waals surface area contributed by atoms with Crippen molar-refractivity contribution in [2.75, 3.05) is 6.54 Å². The summed E-state index contributed by atoms with van der Waals surface area (Å²) in [5.74, 6) is 0. The van der Waals surface area contributed by atoms with E-state index in [1.54, 1.807) is 0 Å². The number of rotatable bonds is 7. The third-order valence-corrected chi connectivity index (χ3v) is 2.64. The van der Waals surface area contributed by atoms with Gasteiger partial charge in [0.2, 0.25) is 0 Å². The Balaban J connectivity index is 2.46. The van der Waals surface area contributed by atoms with Crippen molar-refractivity contribution in [2.24, 2.45) is 0 Å². The number of nitrogens with one attached hydrogen (secondary N) is 1. The third kappa shape index (κ3) is 4.04. The van der Waals surface area contributed by atoms with Crippen LogP contribution < -0.4 is 5.32 Å². The third-order valence-electron chi connectivity index (χ3n) is 2.64. The first-order valence-corrected chi connectivity index (χ1v) is 5.99. The van der Waals surface area contributed by atoms with E-state index in [1.165, 1.54) is 25.0 Å². The van der Waals surface area contributed by atoms with Crippen LogP contribution in [-0.2, 0) is 6.54 Å². The Hall–Kier alpha value is -0.830. The van der Waals surface area contributed by atoms with Gasteiger partial charge in [-0.1, -0.05) is 20.3 Å². The summed E-state index contributed by atoms with van der Waals surface area (Å²) in [7, 11) is 0. The maximum Gasteiger partial charge on any atom is 0.0565 e. The average Bonchev–Trinajstić information content (AvgIpc) is 2.61. The van der Waals surface area contributed by atoms with Crippen LogP contribution >= 0.6 is 0 Å². The minimum absolute atomic E-state index is 0.563. The molecule has 0 aromatic carbocycles. The molecule has 86 valence electrons. The Kier molecular flexibility index (Phi) is 5.40. The van der Waals surface area contributed by atoms with E-state index >= 15 is 0 Å². The highest BCUT2D eigenvalue weighted by atomic mass is 15.3. The zero-order chi connectivity index (χ0) is 11.1. The van der Waals surface area contributed by atoms with Crippen molar-refractivity contribution in [2.45, 2.75) is 52.6 Å². The van der Waals surface area contributed by atoms with Gasteiger partial charge in [0.25, 0.3) is 0 Å². The maximum absolute atomic E-state index is 4.32. The summed E-state index contributed by atoms with van der Waals surface area (Å²) in [6.07, 6.45) is 5.51. The van der Waals surface area contributed by atoms with E-state index < -0.39 is 0 Å². The molecule has 0 bridgehead atoms. The fourth-order valence-corrected chi connectivity index (χ4v) is 1.75. The second kappa shape index (κ2) is 6.62. The van der Waals surface area contributed by atoms with Gasteiger partial charge in [-0.2, -0.15) is 5.10 Å². The van der Waals surface area contributed by atoms with Crippen molar-refractivity contribution >= 4 is 0 Å². The van der Waals surface area contributed by atoms with Crippen LogP contribution in [0.3, 0.4) is 0 Å². The molecule has 1 atom stereocenters. The topological polar surface area (TPSA) is 29.9 Å². The van der Waals surface area contributed by atoms with Crippen LogP contribution in [0.2, 0.25) is 0 Å². The average molecular weight is 209 g/mol. The van der Waals surface area contributed by atoms with Gasteiger partial charge >= 0.3 is 0 Å². The Morgan fingerprint density at radius 2 is 2.20 bits per heavy atom. The van der Waals surface area contributed by atoms with Crippen LogP contribution in [0.1, 0.15) is 38.8 Å². The molecule has 0 amide bonds. The lowest BCUT2D eigenvalue weighted by Gasteiger charge is -2.18. The van der Waals surface area contributed by atoms with Gasteiger partial charge in [0.15, 0.2) is 0 Å². The van der Waals surface area contributed by atoms with Gasteiger partial charge in [0.05, 0.1) is 6.54 Å². The quantitative estimate of drug-likeness (QED) is 0.747. The molecule has 1 aromatic heterocycles. The van der Waals surface area contributed by atoms with Crippen LogP contribution in [0.15, 0.2) is 12.3 Å². The number of hydrogen-bond acceptors (Lipinski definition) is 2. The molecule has 0 aliphatic rings. The Morgan fingerprint density at radius 3 is 2.73 bits per heavy atom. The molecule has 1 N–H and O–H groups in total. The first-order chi connectivity index (χ1) is 7.27. The molecule has 1 heterocycles. The Bertz CT molecular complexity index is 268. The largest absolute Gasteiger partial charge is 0.312 e. The van der Waals surface area contributed by atoms with Crippen molar-refractivity contribution in [1.82, 2.24) is 15.1 Å². The maximum atomic E-state index is 4.32. The molecule has 0 saturated carbocycles. The van der Waals surface area contributed by atoms with Gasteiger partial charge in [0, 0.05) is 17.9 Å². The fourth-order valence-electron chi connectivity index (χ4n) is 1.75. The Morgan fingerprint density at radius 1 is 1.40 bits per heavy atom. The number of hydrogen-bond donors (Lipinski definition) is 1. The van der Waals surface area contributed by atoms with E-state index in [0.717, 1.165) is 13.1 Å². The summed E-state index contributed by atoms with van der Waals surface area (Å²) >= 11 is 0. The first kappa shape index (κ1) is 12.2. The van der Waals surface area contributed by atoms with Crippen LogP contribution in [0, 0.1) is 6.92 Å². The molecule has 3 heteroatoms. The fraction of sp³-hybridized carbons (Fsp3) is 0.750. The lowest BCUT2D eigenvalue weighted by atomic mass is 10.1. The molecule has 3 nitrogen and oxygen atoms in total. The minimum Gasteiger partial charge on any atom is -0.312 e. The van der Waals surface area contributed by atoms with Crippen LogP contribution in [0.5, 0.6) is 0 Å². The summed E-state index contributed by atoms with van der Waals surface area (Å²) < 4.78 is 2.09. The van der Waals surface area contributed by atoms with E-state index in [2.05, 4.69) is 41.9 Å². The molecule has 15 heavy (non-hydrogen) atoms. The molecule has 0 radical (unpaired) electrons. The summed E-state index contributed by atoms with van der Waals surface area (Å²) in [6, 6.07) is 2.62. The highest BCUT2D eigenvalue weighted by molar-refractivity contribution is 4.96. The Labute approximate surface area is 92.9 Å². The van der Waals surface area contributed by atoms with E-state index in [4.69, 9.17) is 0 Å². The standard InChI is InChI=1S/C12H23N3/c1-4-6-12(13-8-5-2)10-15-11(3)7-9-14-15/h7,9,12-13H,4-6,8,10H2,1-3H3. The predicted molar refractivity (Wildman–Crippen MR) is 64.0 cm³/mol. The predicted octanol–water partition coefficient (Wildman–Crippen LogP) is 2.36. The number of nitrogens with zero attached hydrogens (tertiary/aromatic N) is 2. The normalized spacial score (nSPS) is 13.0. The number of aryl methyl sites for hydroxylation is 1. The van der Waals surface area contributed by atoms with Gasteiger partial charge < -0.3 is 5.32 Å². The van der Waals surface area contributed by atoms with Crippen molar-refractivity contribution in [3.8, 4) is 0 Å². The monoisotopic (exact) mass is 209 g/mol. The first-order valence-electron chi connectivity index (χ1n) is 5.99. The van der Waals surface area contributed by atoms with Crippen molar-refractivity contribution in [1.29, 1.82) is 0 Å². The molecule has 0 aliphatic heterocycles. The van der Waals surface area contributed by atoms with E-state index in [9.17, 15) is 0 Å². The molecule has 1 rings (SSSR count). The van der Waals surface area contributed by atoms with Crippen molar-refractivity contribution in [3.63, 3.8) is 0 Å². The van der Waals surface area contributed by atoms with Crippen LogP contribution in [-0.4, -0.2) is 22.4 Å². The highest BCUT2D eigenvalue weighted by Gasteiger charge is 2.08. The van der Waals surface area contributed by atoms with Crippen LogP contribution in [0.4, 0.5) is 0 Å². The molecule has 0 aliphatic carbocycles. The van der Waals surface area contributed by atoms with Gasteiger partial charge in [-0.05, 0) is 32.4 Å². The molecular weight excluding hydrogens is 186 g/mol. The lowest BCUT2D eigenvalue weighted by molar-refractivity contribution is 0.398. The van der Waals surface area contributed by atoms with E-state index in [0.29, 0.717) is 6.04 Å². The van der Waals surface area contributed by atoms with Gasteiger partial charge in [0.1, 0.15) is 0 Å². The van der Waals surface area contributed by atoms with E-state index in [-0.39, 0.29) is 0 Å². The highest BCUT2D eigenvalue weighted by Crippen LogP contribution is 2.03. The summed E-state index contributed by atoms with van der Waals surface area (Å²) in [4.78, 5) is 0. The summed E-state index contributed by atoms with van der Waals surface area (Å²) in [5, 5.41) is 7.90. The smallest absolute Gasteiger partial charge is 0.0565 e. The molecule has 0 saturated heterocycles. The summed E-state index contributed by atoms with van der Waals surface area (Å²) in [5.41, 5.74) is 1.24. The molecule has 1 aromatic rings. The molecule has 0 fully saturated rings. The van der Waals surface area contributed by atoms with E-state index in [1.807, 2.05) is 6.20 Å².